The fourth-order valence-electron chi connectivity index (χ4n) is 2.21. The van der Waals surface area contributed by atoms with Crippen molar-refractivity contribution in [2.75, 3.05) is 13.1 Å². The second-order valence-electron chi connectivity index (χ2n) is 4.48. The Bertz CT molecular complexity index is 484. The highest BCUT2D eigenvalue weighted by Gasteiger charge is 2.40. The minimum Gasteiger partial charge on any atom is -0.317 e. The van der Waals surface area contributed by atoms with E-state index in [1.54, 1.807) is 0 Å². The summed E-state index contributed by atoms with van der Waals surface area (Å²) in [5, 5.41) is 3.12. The molecular formula is C13H13BrFNO2. The molecule has 0 unspecified atom stereocenters. The molecule has 0 atom stereocenters. The lowest BCUT2D eigenvalue weighted by molar-refractivity contribution is -0.115. The van der Waals surface area contributed by atoms with Crippen LogP contribution in [0.5, 0.6) is 0 Å². The molecule has 2 rings (SSSR count). The Hall–Kier alpha value is -1.07. The maximum atomic E-state index is 13.0. The Labute approximate surface area is 113 Å². The fraction of sp³-hybridized carbons (Fsp3) is 0.385. The van der Waals surface area contributed by atoms with Crippen molar-refractivity contribution in [3.8, 4) is 0 Å². The SMILES string of the molecule is O=CC1(C(=O)c2ccc(F)cc2Br)CCNCC1. The van der Waals surface area contributed by atoms with Crippen molar-refractivity contribution in [3.63, 3.8) is 0 Å². The van der Waals surface area contributed by atoms with E-state index in [-0.39, 0.29) is 5.78 Å². The average Bonchev–Trinajstić information content (AvgIpc) is 2.39. The van der Waals surface area contributed by atoms with Crippen LogP contribution in [0.25, 0.3) is 0 Å². The number of halogens is 2. The molecule has 3 nitrogen and oxygen atoms in total. The van der Waals surface area contributed by atoms with Gasteiger partial charge in [0.1, 0.15) is 12.1 Å². The monoisotopic (exact) mass is 313 g/mol. The lowest BCUT2D eigenvalue weighted by Crippen LogP contribution is -2.43. The van der Waals surface area contributed by atoms with Gasteiger partial charge in [-0.15, -0.1) is 0 Å². The number of Topliss-reactive ketones (excluding diaryl/α,β-unsaturated/α-hetero) is 1. The highest BCUT2D eigenvalue weighted by Crippen LogP contribution is 2.33. The number of hydrogen-bond donors (Lipinski definition) is 1. The summed E-state index contributed by atoms with van der Waals surface area (Å²) in [5.74, 6) is -0.644. The quantitative estimate of drug-likeness (QED) is 0.529. The molecule has 96 valence electrons. The Kier molecular flexibility index (Phi) is 3.92. The average molecular weight is 314 g/mol. The van der Waals surface area contributed by atoms with Crippen LogP contribution >= 0.6 is 15.9 Å². The molecule has 0 spiro atoms. The zero-order valence-corrected chi connectivity index (χ0v) is 11.3. The first-order valence-corrected chi connectivity index (χ1v) is 6.55. The number of ketones is 1. The molecule has 0 radical (unpaired) electrons. The molecular weight excluding hydrogens is 301 g/mol. The van der Waals surface area contributed by atoms with Crippen LogP contribution in [0.1, 0.15) is 23.2 Å². The Balaban J connectivity index is 2.36. The molecule has 1 aliphatic rings. The van der Waals surface area contributed by atoms with Crippen molar-refractivity contribution in [1.29, 1.82) is 0 Å². The van der Waals surface area contributed by atoms with Gasteiger partial charge in [-0.3, -0.25) is 4.79 Å². The van der Waals surface area contributed by atoms with Gasteiger partial charge in [-0.1, -0.05) is 0 Å². The molecule has 1 N–H and O–H groups in total. The summed E-state index contributed by atoms with van der Waals surface area (Å²) in [6.45, 7) is 1.28. The van der Waals surface area contributed by atoms with Gasteiger partial charge in [-0.25, -0.2) is 4.39 Å². The molecule has 1 heterocycles. The van der Waals surface area contributed by atoms with Crippen molar-refractivity contribution in [2.24, 2.45) is 5.41 Å². The Morgan fingerprint density at radius 3 is 2.61 bits per heavy atom. The van der Waals surface area contributed by atoms with E-state index in [9.17, 15) is 14.0 Å². The third-order valence-corrected chi connectivity index (χ3v) is 4.01. The molecule has 0 amide bonds. The predicted octanol–water partition coefficient (Wildman–Crippen LogP) is 2.34. The van der Waals surface area contributed by atoms with Crippen molar-refractivity contribution in [2.45, 2.75) is 12.8 Å². The van der Waals surface area contributed by atoms with Gasteiger partial charge in [0.15, 0.2) is 5.78 Å². The zero-order valence-electron chi connectivity index (χ0n) is 9.71. The van der Waals surface area contributed by atoms with E-state index in [2.05, 4.69) is 21.2 Å². The van der Waals surface area contributed by atoms with Gasteiger partial charge in [0, 0.05) is 10.0 Å². The van der Waals surface area contributed by atoms with Crippen molar-refractivity contribution in [1.82, 2.24) is 5.32 Å². The van der Waals surface area contributed by atoms with Gasteiger partial charge >= 0.3 is 0 Å². The van der Waals surface area contributed by atoms with Crippen LogP contribution in [-0.4, -0.2) is 25.2 Å². The second-order valence-corrected chi connectivity index (χ2v) is 5.33. The molecule has 1 aliphatic heterocycles. The highest BCUT2D eigenvalue weighted by atomic mass is 79.9. The van der Waals surface area contributed by atoms with Gasteiger partial charge in [0.2, 0.25) is 0 Å². The molecule has 1 fully saturated rings. The van der Waals surface area contributed by atoms with E-state index in [0.717, 1.165) is 6.29 Å². The third kappa shape index (κ3) is 2.37. The van der Waals surface area contributed by atoms with E-state index in [1.165, 1.54) is 18.2 Å². The summed E-state index contributed by atoms with van der Waals surface area (Å²) < 4.78 is 13.4. The number of hydrogen-bond acceptors (Lipinski definition) is 3. The van der Waals surface area contributed by atoms with Crippen molar-refractivity contribution >= 4 is 28.0 Å². The van der Waals surface area contributed by atoms with Gasteiger partial charge in [-0.05, 0) is 60.1 Å². The number of nitrogens with one attached hydrogen (secondary N) is 1. The summed E-state index contributed by atoms with van der Waals surface area (Å²) in [7, 11) is 0. The Morgan fingerprint density at radius 2 is 2.06 bits per heavy atom. The number of carbonyl (C=O) groups excluding carboxylic acids is 2. The molecule has 0 aromatic heterocycles. The lowest BCUT2D eigenvalue weighted by Gasteiger charge is -2.31. The third-order valence-electron chi connectivity index (χ3n) is 3.35. The van der Waals surface area contributed by atoms with Gasteiger partial charge in [-0.2, -0.15) is 0 Å². The van der Waals surface area contributed by atoms with Gasteiger partial charge in [0.25, 0.3) is 0 Å². The second kappa shape index (κ2) is 5.28. The van der Waals surface area contributed by atoms with Crippen LogP contribution in [0.4, 0.5) is 4.39 Å². The molecule has 18 heavy (non-hydrogen) atoms. The van der Waals surface area contributed by atoms with Crippen LogP contribution in [0, 0.1) is 11.2 Å². The largest absolute Gasteiger partial charge is 0.317 e. The molecule has 5 heteroatoms. The van der Waals surface area contributed by atoms with Crippen LogP contribution in [0.2, 0.25) is 0 Å². The molecule has 0 bridgehead atoms. The van der Waals surface area contributed by atoms with Gasteiger partial charge < -0.3 is 10.1 Å². The van der Waals surface area contributed by atoms with Crippen molar-refractivity contribution in [3.05, 3.63) is 34.1 Å². The maximum absolute atomic E-state index is 13.0. The van der Waals surface area contributed by atoms with E-state index in [4.69, 9.17) is 0 Å². The summed E-state index contributed by atoms with van der Waals surface area (Å²) in [6, 6.07) is 3.90. The maximum Gasteiger partial charge on any atom is 0.177 e. The molecule has 0 aliphatic carbocycles. The molecule has 0 saturated carbocycles. The molecule has 1 saturated heterocycles. The van der Waals surface area contributed by atoms with Crippen LogP contribution < -0.4 is 5.32 Å². The lowest BCUT2D eigenvalue weighted by atomic mass is 9.74. The van der Waals surface area contributed by atoms with E-state index in [0.29, 0.717) is 36.0 Å². The number of piperidine rings is 1. The van der Waals surface area contributed by atoms with Gasteiger partial charge in [0.05, 0.1) is 5.41 Å². The van der Waals surface area contributed by atoms with E-state index in [1.807, 2.05) is 0 Å². The smallest absolute Gasteiger partial charge is 0.177 e. The summed E-state index contributed by atoms with van der Waals surface area (Å²) >= 11 is 3.18. The summed E-state index contributed by atoms with van der Waals surface area (Å²) in [6.07, 6.45) is 1.71. The van der Waals surface area contributed by atoms with Crippen LogP contribution in [0.3, 0.4) is 0 Å². The van der Waals surface area contributed by atoms with E-state index >= 15 is 0 Å². The fourth-order valence-corrected chi connectivity index (χ4v) is 2.74. The highest BCUT2D eigenvalue weighted by molar-refractivity contribution is 9.10. The number of aldehydes is 1. The van der Waals surface area contributed by atoms with Crippen LogP contribution in [0.15, 0.2) is 22.7 Å². The van der Waals surface area contributed by atoms with E-state index < -0.39 is 11.2 Å². The normalized spacial score (nSPS) is 18.3. The topological polar surface area (TPSA) is 46.2 Å². The number of rotatable bonds is 3. The predicted molar refractivity (Wildman–Crippen MR) is 69.0 cm³/mol. The summed E-state index contributed by atoms with van der Waals surface area (Å²) in [4.78, 5) is 23.8. The first kappa shape index (κ1) is 13.4. The minimum atomic E-state index is -0.967. The zero-order chi connectivity index (χ0) is 13.2. The summed E-state index contributed by atoms with van der Waals surface area (Å²) in [5.41, 5.74) is -0.601. The number of carbonyl (C=O) groups is 2. The minimum absolute atomic E-state index is 0.231. The number of benzene rings is 1. The van der Waals surface area contributed by atoms with Crippen LogP contribution in [-0.2, 0) is 4.79 Å². The Morgan fingerprint density at radius 1 is 1.39 bits per heavy atom. The van der Waals surface area contributed by atoms with Crippen molar-refractivity contribution < 1.29 is 14.0 Å². The first-order chi connectivity index (χ1) is 8.59. The molecule has 1 aromatic carbocycles. The first-order valence-electron chi connectivity index (χ1n) is 5.76. The molecule has 1 aromatic rings. The standard InChI is InChI=1S/C13H13BrFNO2/c14-11-7-9(15)1-2-10(11)12(18)13(8-17)3-5-16-6-4-13/h1-2,7-8,16H,3-6H2.